The Kier molecular flexibility index (Phi) is 4.88. The average molecular weight is 276 g/mol. The first-order chi connectivity index (χ1) is 8.71. The van der Waals surface area contributed by atoms with Gasteiger partial charge in [-0.1, -0.05) is 6.07 Å². The summed E-state index contributed by atoms with van der Waals surface area (Å²) in [5.74, 6) is 0. The predicted molar refractivity (Wildman–Crippen MR) is 65.0 cm³/mol. The lowest BCUT2D eigenvalue weighted by atomic mass is 10.0. The molecule has 0 atom stereocenters. The van der Waals surface area contributed by atoms with Gasteiger partial charge in [0.1, 0.15) is 0 Å². The quantitative estimate of drug-likeness (QED) is 0.613. The SMILES string of the molecule is CN(C)CCCc1ccc(C(F)(F)F)cc1[N+](=O)[O-]. The van der Waals surface area contributed by atoms with Gasteiger partial charge in [0.05, 0.1) is 10.5 Å². The number of rotatable bonds is 5. The van der Waals surface area contributed by atoms with Crippen molar-refractivity contribution in [3.63, 3.8) is 0 Å². The van der Waals surface area contributed by atoms with Gasteiger partial charge in [0.25, 0.3) is 5.69 Å². The smallest absolute Gasteiger partial charge is 0.309 e. The van der Waals surface area contributed by atoms with Crippen molar-refractivity contribution in [3.8, 4) is 0 Å². The second-order valence-electron chi connectivity index (χ2n) is 4.51. The van der Waals surface area contributed by atoms with Gasteiger partial charge in [0.15, 0.2) is 0 Å². The maximum absolute atomic E-state index is 12.5. The van der Waals surface area contributed by atoms with E-state index in [2.05, 4.69) is 0 Å². The fourth-order valence-corrected chi connectivity index (χ4v) is 1.71. The second-order valence-corrected chi connectivity index (χ2v) is 4.51. The Morgan fingerprint density at radius 2 is 1.95 bits per heavy atom. The summed E-state index contributed by atoms with van der Waals surface area (Å²) < 4.78 is 37.5. The summed E-state index contributed by atoms with van der Waals surface area (Å²) in [4.78, 5) is 12.0. The van der Waals surface area contributed by atoms with E-state index in [-0.39, 0.29) is 0 Å². The van der Waals surface area contributed by atoms with Gasteiger partial charge < -0.3 is 4.90 Å². The number of alkyl halides is 3. The van der Waals surface area contributed by atoms with Crippen LogP contribution in [-0.4, -0.2) is 30.5 Å². The maximum Gasteiger partial charge on any atom is 0.416 e. The standard InChI is InChI=1S/C12H15F3N2O2/c1-16(2)7-3-4-9-5-6-10(12(13,14)15)8-11(9)17(18)19/h5-6,8H,3-4,7H2,1-2H3. The number of benzene rings is 1. The van der Waals surface area contributed by atoms with Crippen LogP contribution >= 0.6 is 0 Å². The molecule has 1 rings (SSSR count). The summed E-state index contributed by atoms with van der Waals surface area (Å²) in [6.45, 7) is 0.720. The highest BCUT2D eigenvalue weighted by Gasteiger charge is 2.32. The van der Waals surface area contributed by atoms with Crippen LogP contribution in [0.15, 0.2) is 18.2 Å². The first-order valence-electron chi connectivity index (χ1n) is 5.71. The molecule has 4 nitrogen and oxygen atoms in total. The lowest BCUT2D eigenvalue weighted by molar-refractivity contribution is -0.385. The van der Waals surface area contributed by atoms with Crippen molar-refractivity contribution < 1.29 is 18.1 Å². The average Bonchev–Trinajstić information content (AvgIpc) is 2.27. The zero-order chi connectivity index (χ0) is 14.6. The molecule has 0 aromatic heterocycles. The fraction of sp³-hybridized carbons (Fsp3) is 0.500. The highest BCUT2D eigenvalue weighted by Crippen LogP contribution is 2.33. The zero-order valence-corrected chi connectivity index (χ0v) is 10.7. The summed E-state index contributed by atoms with van der Waals surface area (Å²) in [7, 11) is 3.72. The number of hydrogen-bond acceptors (Lipinski definition) is 3. The van der Waals surface area contributed by atoms with Crippen LogP contribution in [0.4, 0.5) is 18.9 Å². The highest BCUT2D eigenvalue weighted by atomic mass is 19.4. The number of nitro groups is 1. The molecule has 0 saturated heterocycles. The monoisotopic (exact) mass is 276 g/mol. The van der Waals surface area contributed by atoms with Gasteiger partial charge >= 0.3 is 6.18 Å². The van der Waals surface area contributed by atoms with Crippen LogP contribution in [-0.2, 0) is 12.6 Å². The van der Waals surface area contributed by atoms with E-state index in [0.29, 0.717) is 24.5 Å². The third-order valence-corrected chi connectivity index (χ3v) is 2.66. The minimum atomic E-state index is -4.56. The summed E-state index contributed by atoms with van der Waals surface area (Å²) in [5.41, 5.74) is -1.12. The molecule has 1 aromatic rings. The molecule has 106 valence electrons. The van der Waals surface area contributed by atoms with Gasteiger partial charge in [-0.05, 0) is 39.5 Å². The van der Waals surface area contributed by atoms with E-state index < -0.39 is 22.4 Å². The van der Waals surface area contributed by atoms with Gasteiger partial charge in [-0.15, -0.1) is 0 Å². The minimum Gasteiger partial charge on any atom is -0.309 e. The molecule has 0 saturated carbocycles. The third-order valence-electron chi connectivity index (χ3n) is 2.66. The molecule has 0 aliphatic heterocycles. The molecular formula is C12H15F3N2O2. The molecule has 0 amide bonds. The van der Waals surface area contributed by atoms with Crippen molar-refractivity contribution in [2.75, 3.05) is 20.6 Å². The van der Waals surface area contributed by atoms with Gasteiger partial charge in [0, 0.05) is 11.6 Å². The Hall–Kier alpha value is -1.63. The number of nitro benzene ring substituents is 1. The van der Waals surface area contributed by atoms with E-state index in [4.69, 9.17) is 0 Å². The zero-order valence-electron chi connectivity index (χ0n) is 10.7. The normalized spacial score (nSPS) is 11.9. The van der Waals surface area contributed by atoms with E-state index in [9.17, 15) is 23.3 Å². The molecule has 0 bridgehead atoms. The van der Waals surface area contributed by atoms with Crippen LogP contribution in [0.25, 0.3) is 0 Å². The molecule has 0 spiro atoms. The molecule has 0 radical (unpaired) electrons. The van der Waals surface area contributed by atoms with Gasteiger partial charge in [-0.2, -0.15) is 13.2 Å². The first-order valence-corrected chi connectivity index (χ1v) is 5.71. The van der Waals surface area contributed by atoms with Crippen LogP contribution in [0.3, 0.4) is 0 Å². The molecule has 0 aliphatic rings. The van der Waals surface area contributed by atoms with Crippen LogP contribution in [0.5, 0.6) is 0 Å². The van der Waals surface area contributed by atoms with Crippen molar-refractivity contribution in [1.29, 1.82) is 0 Å². The Balaban J connectivity index is 2.96. The minimum absolute atomic E-state index is 0.333. The van der Waals surface area contributed by atoms with Crippen LogP contribution < -0.4 is 0 Å². The van der Waals surface area contributed by atoms with Crippen molar-refractivity contribution in [1.82, 2.24) is 4.90 Å². The topological polar surface area (TPSA) is 46.4 Å². The lowest BCUT2D eigenvalue weighted by Gasteiger charge is -2.11. The molecule has 19 heavy (non-hydrogen) atoms. The number of hydrogen-bond donors (Lipinski definition) is 0. The van der Waals surface area contributed by atoms with E-state index in [0.717, 1.165) is 12.6 Å². The summed E-state index contributed by atoms with van der Waals surface area (Å²) in [5, 5.41) is 10.8. The molecule has 0 aliphatic carbocycles. The van der Waals surface area contributed by atoms with Crippen molar-refractivity contribution in [2.24, 2.45) is 0 Å². The second kappa shape index (κ2) is 6.01. The Labute approximate surface area is 109 Å². The van der Waals surface area contributed by atoms with E-state index >= 15 is 0 Å². The van der Waals surface area contributed by atoms with Crippen molar-refractivity contribution in [2.45, 2.75) is 19.0 Å². The Bertz CT molecular complexity index is 459. The first kappa shape index (κ1) is 15.4. The summed E-state index contributed by atoms with van der Waals surface area (Å²) in [6.07, 6.45) is -3.53. The number of nitrogens with zero attached hydrogens (tertiary/aromatic N) is 2. The van der Waals surface area contributed by atoms with Crippen LogP contribution in [0, 0.1) is 10.1 Å². The number of aryl methyl sites for hydroxylation is 1. The van der Waals surface area contributed by atoms with Crippen LogP contribution in [0.2, 0.25) is 0 Å². The molecule has 0 fully saturated rings. The molecular weight excluding hydrogens is 261 g/mol. The van der Waals surface area contributed by atoms with Gasteiger partial charge in [0.2, 0.25) is 0 Å². The molecule has 0 heterocycles. The van der Waals surface area contributed by atoms with Gasteiger partial charge in [-0.3, -0.25) is 10.1 Å². The Morgan fingerprint density at radius 3 is 2.42 bits per heavy atom. The summed E-state index contributed by atoms with van der Waals surface area (Å²) in [6, 6.07) is 2.68. The molecule has 0 N–H and O–H groups in total. The van der Waals surface area contributed by atoms with Gasteiger partial charge in [-0.25, -0.2) is 0 Å². The lowest BCUT2D eigenvalue weighted by Crippen LogP contribution is -2.14. The molecule has 0 unspecified atom stereocenters. The summed E-state index contributed by atoms with van der Waals surface area (Å²) >= 11 is 0. The van der Waals surface area contributed by atoms with E-state index in [1.54, 1.807) is 0 Å². The van der Waals surface area contributed by atoms with Crippen molar-refractivity contribution >= 4 is 5.69 Å². The maximum atomic E-state index is 12.5. The number of halogens is 3. The molecule has 7 heteroatoms. The van der Waals surface area contributed by atoms with E-state index in [1.165, 1.54) is 6.07 Å². The van der Waals surface area contributed by atoms with Crippen LogP contribution in [0.1, 0.15) is 17.5 Å². The third kappa shape index (κ3) is 4.51. The van der Waals surface area contributed by atoms with E-state index in [1.807, 2.05) is 19.0 Å². The highest BCUT2D eigenvalue weighted by molar-refractivity contribution is 5.44. The largest absolute Gasteiger partial charge is 0.416 e. The fourth-order valence-electron chi connectivity index (χ4n) is 1.71. The van der Waals surface area contributed by atoms with Crippen molar-refractivity contribution in [3.05, 3.63) is 39.4 Å². The predicted octanol–water partition coefficient (Wildman–Crippen LogP) is 3.11. The Morgan fingerprint density at radius 1 is 1.32 bits per heavy atom. The molecule has 1 aromatic carbocycles.